The van der Waals surface area contributed by atoms with Crippen molar-refractivity contribution in [3.8, 4) is 6.07 Å². The van der Waals surface area contributed by atoms with Crippen molar-refractivity contribution in [2.24, 2.45) is 0 Å². The van der Waals surface area contributed by atoms with Crippen LogP contribution in [0.3, 0.4) is 0 Å². The molecule has 0 atom stereocenters. The fraction of sp³-hybridized carbons (Fsp3) is 0.417. The van der Waals surface area contributed by atoms with Crippen LogP contribution in [0.1, 0.15) is 12.0 Å². The van der Waals surface area contributed by atoms with Crippen molar-refractivity contribution in [1.82, 2.24) is 5.32 Å². The summed E-state index contributed by atoms with van der Waals surface area (Å²) >= 11 is 0. The van der Waals surface area contributed by atoms with E-state index >= 15 is 0 Å². The topological polar surface area (TPSA) is 39.1 Å². The van der Waals surface area contributed by atoms with Crippen LogP contribution in [0.5, 0.6) is 0 Å². The van der Waals surface area contributed by atoms with E-state index in [-0.39, 0.29) is 5.82 Å². The van der Waals surface area contributed by atoms with Crippen LogP contribution in [-0.4, -0.2) is 26.2 Å². The van der Waals surface area contributed by atoms with E-state index in [4.69, 9.17) is 5.26 Å². The molecule has 84 valence electrons. The molecule has 0 radical (unpaired) electrons. The minimum atomic E-state index is -0.353. The molecule has 3 nitrogen and oxygen atoms in total. The molecule has 1 N–H and O–H groups in total. The molecule has 1 aromatic rings. The number of nitrogens with one attached hydrogen (secondary N) is 1. The molecule has 1 aliphatic heterocycles. The summed E-state index contributed by atoms with van der Waals surface area (Å²) in [4.78, 5) is 2.14. The highest BCUT2D eigenvalue weighted by Gasteiger charge is 2.13. The Labute approximate surface area is 94.5 Å². The minimum Gasteiger partial charge on any atom is -0.369 e. The van der Waals surface area contributed by atoms with Crippen LogP contribution in [0, 0.1) is 17.1 Å². The smallest absolute Gasteiger partial charge is 0.124 e. The minimum absolute atomic E-state index is 0.353. The Balaban J connectivity index is 2.28. The zero-order valence-electron chi connectivity index (χ0n) is 9.04. The molecular formula is C12H14FN3. The summed E-state index contributed by atoms with van der Waals surface area (Å²) < 4.78 is 13.0. The molecule has 1 aliphatic rings. The van der Waals surface area contributed by atoms with Gasteiger partial charge >= 0.3 is 0 Å². The zero-order valence-corrected chi connectivity index (χ0v) is 9.04. The molecule has 1 heterocycles. The SMILES string of the molecule is N#Cc1cc(F)ccc1N1CCCNCC1. The second-order valence-electron chi connectivity index (χ2n) is 3.86. The molecule has 0 aliphatic carbocycles. The van der Waals surface area contributed by atoms with Crippen LogP contribution in [0.2, 0.25) is 0 Å². The Hall–Kier alpha value is -1.60. The maximum Gasteiger partial charge on any atom is 0.124 e. The van der Waals surface area contributed by atoms with Crippen molar-refractivity contribution < 1.29 is 4.39 Å². The van der Waals surface area contributed by atoms with Gasteiger partial charge in [0.05, 0.1) is 11.3 Å². The van der Waals surface area contributed by atoms with Crippen LogP contribution in [-0.2, 0) is 0 Å². The van der Waals surface area contributed by atoms with Crippen LogP contribution in [0.15, 0.2) is 18.2 Å². The third-order valence-electron chi connectivity index (χ3n) is 2.76. The van der Waals surface area contributed by atoms with Gasteiger partial charge in [-0.05, 0) is 31.2 Å². The van der Waals surface area contributed by atoms with Crippen LogP contribution in [0.4, 0.5) is 10.1 Å². The van der Waals surface area contributed by atoms with Gasteiger partial charge in [0, 0.05) is 19.6 Å². The molecule has 0 saturated carbocycles. The van der Waals surface area contributed by atoms with Gasteiger partial charge in [-0.1, -0.05) is 0 Å². The number of benzene rings is 1. The Kier molecular flexibility index (Phi) is 3.37. The average molecular weight is 219 g/mol. The van der Waals surface area contributed by atoms with Crippen molar-refractivity contribution >= 4 is 5.69 Å². The molecule has 1 saturated heterocycles. The van der Waals surface area contributed by atoms with Gasteiger partial charge < -0.3 is 10.2 Å². The number of anilines is 1. The maximum absolute atomic E-state index is 13.0. The van der Waals surface area contributed by atoms with Gasteiger partial charge in [-0.2, -0.15) is 5.26 Å². The highest BCUT2D eigenvalue weighted by Crippen LogP contribution is 2.21. The van der Waals surface area contributed by atoms with Gasteiger partial charge in [-0.25, -0.2) is 4.39 Å². The number of halogens is 1. The zero-order chi connectivity index (χ0) is 11.4. The molecule has 0 aromatic heterocycles. The summed E-state index contributed by atoms with van der Waals surface area (Å²) in [6.45, 7) is 3.68. The first-order chi connectivity index (χ1) is 7.81. The number of rotatable bonds is 1. The number of hydrogen-bond acceptors (Lipinski definition) is 3. The summed E-state index contributed by atoms with van der Waals surface area (Å²) in [7, 11) is 0. The first kappa shape index (κ1) is 10.9. The van der Waals surface area contributed by atoms with Gasteiger partial charge in [0.15, 0.2) is 0 Å². The second kappa shape index (κ2) is 4.95. The summed E-state index contributed by atoms with van der Waals surface area (Å²) in [5, 5.41) is 12.3. The largest absolute Gasteiger partial charge is 0.369 e. The van der Waals surface area contributed by atoms with Crippen LogP contribution >= 0.6 is 0 Å². The van der Waals surface area contributed by atoms with E-state index in [1.54, 1.807) is 6.07 Å². The lowest BCUT2D eigenvalue weighted by Crippen LogP contribution is -2.28. The highest BCUT2D eigenvalue weighted by atomic mass is 19.1. The molecule has 1 fully saturated rings. The van der Waals surface area contributed by atoms with Crippen molar-refractivity contribution in [2.75, 3.05) is 31.1 Å². The standard InChI is InChI=1S/C12H14FN3/c13-11-2-3-12(10(8-11)9-14)16-6-1-4-15-5-7-16/h2-3,8,15H,1,4-7H2. The maximum atomic E-state index is 13.0. The molecule has 0 spiro atoms. The normalized spacial score (nSPS) is 16.6. The molecule has 0 bridgehead atoms. The fourth-order valence-electron chi connectivity index (χ4n) is 1.96. The van der Waals surface area contributed by atoms with Gasteiger partial charge in [0.25, 0.3) is 0 Å². The summed E-state index contributed by atoms with van der Waals surface area (Å²) in [6, 6.07) is 6.46. The predicted octanol–water partition coefficient (Wildman–Crippen LogP) is 1.50. The van der Waals surface area contributed by atoms with E-state index in [0.29, 0.717) is 5.56 Å². The van der Waals surface area contributed by atoms with Crippen molar-refractivity contribution in [3.05, 3.63) is 29.6 Å². The Bertz CT molecular complexity index is 403. The fourth-order valence-corrected chi connectivity index (χ4v) is 1.96. The van der Waals surface area contributed by atoms with Crippen LogP contribution < -0.4 is 10.2 Å². The summed E-state index contributed by atoms with van der Waals surface area (Å²) in [5.41, 5.74) is 1.26. The molecular weight excluding hydrogens is 205 g/mol. The second-order valence-corrected chi connectivity index (χ2v) is 3.86. The molecule has 4 heteroatoms. The van der Waals surface area contributed by atoms with E-state index in [1.807, 2.05) is 0 Å². The van der Waals surface area contributed by atoms with Crippen molar-refractivity contribution in [2.45, 2.75) is 6.42 Å². The first-order valence-electron chi connectivity index (χ1n) is 5.46. The van der Waals surface area contributed by atoms with E-state index < -0.39 is 0 Å². The predicted molar refractivity (Wildman–Crippen MR) is 60.8 cm³/mol. The summed E-state index contributed by atoms with van der Waals surface area (Å²) in [6.07, 6.45) is 1.04. The third-order valence-corrected chi connectivity index (χ3v) is 2.76. The number of nitriles is 1. The number of hydrogen-bond donors (Lipinski definition) is 1. The van der Waals surface area contributed by atoms with Crippen molar-refractivity contribution in [1.29, 1.82) is 5.26 Å². The van der Waals surface area contributed by atoms with Gasteiger partial charge in [-0.15, -0.1) is 0 Å². The van der Waals surface area contributed by atoms with E-state index in [2.05, 4.69) is 16.3 Å². The van der Waals surface area contributed by atoms with E-state index in [9.17, 15) is 4.39 Å². The molecule has 1 aromatic carbocycles. The van der Waals surface area contributed by atoms with E-state index in [1.165, 1.54) is 12.1 Å². The Morgan fingerprint density at radius 2 is 2.19 bits per heavy atom. The molecule has 2 rings (SSSR count). The third kappa shape index (κ3) is 2.31. The lowest BCUT2D eigenvalue weighted by molar-refractivity contribution is 0.627. The van der Waals surface area contributed by atoms with Gasteiger partial charge in [0.2, 0.25) is 0 Å². The first-order valence-corrected chi connectivity index (χ1v) is 5.46. The monoisotopic (exact) mass is 219 g/mol. The Morgan fingerprint density at radius 1 is 1.31 bits per heavy atom. The summed E-state index contributed by atoms with van der Waals surface area (Å²) in [5.74, 6) is -0.353. The average Bonchev–Trinajstić information content (AvgIpc) is 2.57. The quantitative estimate of drug-likeness (QED) is 0.778. The highest BCUT2D eigenvalue weighted by molar-refractivity contribution is 5.59. The van der Waals surface area contributed by atoms with Crippen molar-refractivity contribution in [3.63, 3.8) is 0 Å². The molecule has 16 heavy (non-hydrogen) atoms. The lowest BCUT2D eigenvalue weighted by atomic mass is 10.1. The van der Waals surface area contributed by atoms with Gasteiger partial charge in [0.1, 0.15) is 11.9 Å². The van der Waals surface area contributed by atoms with E-state index in [0.717, 1.165) is 38.3 Å². The van der Waals surface area contributed by atoms with Crippen LogP contribution in [0.25, 0.3) is 0 Å². The Morgan fingerprint density at radius 3 is 3.00 bits per heavy atom. The molecule has 0 unspecified atom stereocenters. The van der Waals surface area contributed by atoms with Gasteiger partial charge in [-0.3, -0.25) is 0 Å². The lowest BCUT2D eigenvalue weighted by Gasteiger charge is -2.23. The number of nitrogens with zero attached hydrogens (tertiary/aromatic N) is 2. The molecule has 0 amide bonds.